The van der Waals surface area contributed by atoms with Gasteiger partial charge < -0.3 is 24.6 Å². The molecule has 0 atom stereocenters. The number of amides is 1. The number of nitrogens with one attached hydrogen (secondary N) is 2. The second-order valence-electron chi connectivity index (χ2n) is 7.47. The normalized spacial score (nSPS) is 11.1. The van der Waals surface area contributed by atoms with E-state index in [1.165, 1.54) is 44.6 Å². The number of hydrogen-bond acceptors (Lipinski definition) is 7. The molecule has 0 saturated heterocycles. The van der Waals surface area contributed by atoms with Gasteiger partial charge in [-0.3, -0.25) is 9.52 Å². The number of phenols is 1. The van der Waals surface area contributed by atoms with Gasteiger partial charge in [-0.05, 0) is 62.4 Å². The number of para-hydroxylation sites is 2. The molecule has 0 aliphatic heterocycles. The third kappa shape index (κ3) is 5.70. The smallest absolute Gasteiger partial charge is 0.262 e. The van der Waals surface area contributed by atoms with Gasteiger partial charge >= 0.3 is 0 Å². The van der Waals surface area contributed by atoms with E-state index in [1.807, 2.05) is 13.8 Å². The van der Waals surface area contributed by atoms with E-state index in [-0.39, 0.29) is 33.7 Å². The number of ether oxygens (including phenoxy) is 3. The average Bonchev–Trinajstić information content (AvgIpc) is 2.80. The van der Waals surface area contributed by atoms with Crippen LogP contribution in [0.5, 0.6) is 23.0 Å². The first-order valence-corrected chi connectivity index (χ1v) is 11.8. The highest BCUT2D eigenvalue weighted by Gasteiger charge is 2.20. The Morgan fingerprint density at radius 3 is 2.26 bits per heavy atom. The summed E-state index contributed by atoms with van der Waals surface area (Å²) >= 11 is 0. The Bertz CT molecular complexity index is 1290. The predicted octanol–water partition coefficient (Wildman–Crippen LogP) is 4.25. The van der Waals surface area contributed by atoms with Crippen LogP contribution < -0.4 is 24.2 Å². The molecule has 3 N–H and O–H groups in total. The summed E-state index contributed by atoms with van der Waals surface area (Å²) in [6.07, 6.45) is -0.0836. The first-order valence-electron chi connectivity index (χ1n) is 10.3. The number of aromatic hydroxyl groups is 1. The number of anilines is 2. The minimum Gasteiger partial charge on any atom is -0.506 e. The van der Waals surface area contributed by atoms with Crippen molar-refractivity contribution in [3.05, 3.63) is 66.2 Å². The number of carbonyl (C=O) groups excluding carboxylic acids is 1. The van der Waals surface area contributed by atoms with Crippen molar-refractivity contribution in [3.8, 4) is 23.0 Å². The van der Waals surface area contributed by atoms with E-state index in [0.29, 0.717) is 17.2 Å². The third-order valence-electron chi connectivity index (χ3n) is 4.67. The van der Waals surface area contributed by atoms with Crippen LogP contribution in [-0.4, -0.2) is 39.8 Å². The Morgan fingerprint density at radius 2 is 1.59 bits per heavy atom. The minimum atomic E-state index is -4.04. The molecule has 0 unspecified atom stereocenters. The molecule has 9 nitrogen and oxygen atoms in total. The summed E-state index contributed by atoms with van der Waals surface area (Å²) in [4.78, 5) is 12.6. The van der Waals surface area contributed by atoms with Crippen LogP contribution in [0.2, 0.25) is 0 Å². The Morgan fingerprint density at radius 1 is 0.882 bits per heavy atom. The zero-order valence-corrected chi connectivity index (χ0v) is 20.0. The summed E-state index contributed by atoms with van der Waals surface area (Å²) in [6, 6.07) is 14.8. The van der Waals surface area contributed by atoms with Gasteiger partial charge in [0.2, 0.25) is 0 Å². The minimum absolute atomic E-state index is 0.0747. The van der Waals surface area contributed by atoms with Crippen molar-refractivity contribution in [2.75, 3.05) is 24.3 Å². The second-order valence-corrected chi connectivity index (χ2v) is 9.15. The number of methoxy groups -OCH3 is 2. The topological polar surface area (TPSA) is 123 Å². The summed E-state index contributed by atoms with van der Waals surface area (Å²) < 4.78 is 44.4. The van der Waals surface area contributed by atoms with Crippen LogP contribution >= 0.6 is 0 Å². The lowest BCUT2D eigenvalue weighted by Gasteiger charge is -2.15. The van der Waals surface area contributed by atoms with E-state index in [4.69, 9.17) is 14.2 Å². The molecule has 3 aromatic carbocycles. The van der Waals surface area contributed by atoms with Crippen LogP contribution in [0, 0.1) is 0 Å². The van der Waals surface area contributed by atoms with Crippen LogP contribution in [0.4, 0.5) is 11.4 Å². The lowest BCUT2D eigenvalue weighted by Crippen LogP contribution is -2.16. The fourth-order valence-corrected chi connectivity index (χ4v) is 4.17. The highest BCUT2D eigenvalue weighted by molar-refractivity contribution is 7.92. The van der Waals surface area contributed by atoms with E-state index < -0.39 is 15.9 Å². The maximum absolute atomic E-state index is 12.9. The van der Waals surface area contributed by atoms with Gasteiger partial charge in [0, 0.05) is 5.56 Å². The molecule has 0 radical (unpaired) electrons. The van der Waals surface area contributed by atoms with Crippen molar-refractivity contribution in [2.45, 2.75) is 24.8 Å². The molecule has 0 aliphatic rings. The number of phenolic OH excluding ortho intramolecular Hbond substituents is 1. The molecule has 0 spiro atoms. The van der Waals surface area contributed by atoms with Gasteiger partial charge in [-0.1, -0.05) is 12.1 Å². The average molecular weight is 487 g/mol. The second kappa shape index (κ2) is 10.3. The highest BCUT2D eigenvalue weighted by atomic mass is 32.2. The zero-order chi connectivity index (χ0) is 24.9. The quantitative estimate of drug-likeness (QED) is 0.386. The summed E-state index contributed by atoms with van der Waals surface area (Å²) in [5, 5.41) is 12.8. The highest BCUT2D eigenvalue weighted by Crippen LogP contribution is 2.32. The van der Waals surface area contributed by atoms with Crippen molar-refractivity contribution >= 4 is 27.3 Å². The molecule has 0 aliphatic carbocycles. The first-order chi connectivity index (χ1) is 16.1. The molecular formula is C24H26N2O7S. The van der Waals surface area contributed by atoms with Crippen molar-refractivity contribution < 1.29 is 32.5 Å². The molecule has 10 heteroatoms. The standard InChI is InChI=1S/C24H26N2O7S/c1-15(2)33-22-12-9-16(13-23(22)32-4)24(28)25-19-14-17(10-11-20(19)27)34(29,30)26-18-7-5-6-8-21(18)31-3/h5-15,26-27H,1-4H3,(H,25,28). The molecular weight excluding hydrogens is 460 g/mol. The largest absolute Gasteiger partial charge is 0.506 e. The third-order valence-corrected chi connectivity index (χ3v) is 6.03. The van der Waals surface area contributed by atoms with E-state index >= 15 is 0 Å². The van der Waals surface area contributed by atoms with Crippen molar-refractivity contribution in [1.82, 2.24) is 0 Å². The first kappa shape index (κ1) is 24.7. The molecule has 0 heterocycles. The van der Waals surface area contributed by atoms with Gasteiger partial charge in [0.25, 0.3) is 15.9 Å². The molecule has 180 valence electrons. The SMILES string of the molecule is COc1ccccc1NS(=O)(=O)c1ccc(O)c(NC(=O)c2ccc(OC(C)C)c(OC)c2)c1. The molecule has 0 aromatic heterocycles. The summed E-state index contributed by atoms with van der Waals surface area (Å²) in [6.45, 7) is 3.74. The summed E-state index contributed by atoms with van der Waals surface area (Å²) in [5.41, 5.74) is 0.404. The molecule has 0 saturated carbocycles. The number of hydrogen-bond donors (Lipinski definition) is 3. The molecule has 0 fully saturated rings. The van der Waals surface area contributed by atoms with Gasteiger partial charge in [0.1, 0.15) is 11.5 Å². The van der Waals surface area contributed by atoms with Gasteiger partial charge in [0.05, 0.1) is 36.6 Å². The van der Waals surface area contributed by atoms with E-state index in [2.05, 4.69) is 10.0 Å². The molecule has 34 heavy (non-hydrogen) atoms. The molecule has 1 amide bonds. The molecule has 3 rings (SSSR count). The van der Waals surface area contributed by atoms with Crippen LogP contribution in [0.15, 0.2) is 65.6 Å². The lowest BCUT2D eigenvalue weighted by molar-refractivity contribution is 0.102. The van der Waals surface area contributed by atoms with Crippen molar-refractivity contribution in [1.29, 1.82) is 0 Å². The number of sulfonamides is 1. The van der Waals surface area contributed by atoms with Crippen molar-refractivity contribution in [2.24, 2.45) is 0 Å². The molecule has 0 bridgehead atoms. The Balaban J connectivity index is 1.86. The zero-order valence-electron chi connectivity index (χ0n) is 19.2. The van der Waals surface area contributed by atoms with Crippen LogP contribution in [-0.2, 0) is 10.0 Å². The monoisotopic (exact) mass is 486 g/mol. The Kier molecular flexibility index (Phi) is 7.52. The van der Waals surface area contributed by atoms with Crippen LogP contribution in [0.25, 0.3) is 0 Å². The van der Waals surface area contributed by atoms with Crippen molar-refractivity contribution in [3.63, 3.8) is 0 Å². The van der Waals surface area contributed by atoms with Gasteiger partial charge in [0.15, 0.2) is 11.5 Å². The molecule has 3 aromatic rings. The number of rotatable bonds is 9. The van der Waals surface area contributed by atoms with Crippen LogP contribution in [0.3, 0.4) is 0 Å². The maximum Gasteiger partial charge on any atom is 0.262 e. The van der Waals surface area contributed by atoms with E-state index in [0.717, 1.165) is 0 Å². The van der Waals surface area contributed by atoms with Gasteiger partial charge in [-0.15, -0.1) is 0 Å². The lowest BCUT2D eigenvalue weighted by atomic mass is 10.1. The summed E-state index contributed by atoms with van der Waals surface area (Å²) in [7, 11) is -1.16. The maximum atomic E-state index is 12.9. The number of carbonyl (C=O) groups is 1. The Labute approximate surface area is 198 Å². The van der Waals surface area contributed by atoms with Crippen LogP contribution in [0.1, 0.15) is 24.2 Å². The fourth-order valence-electron chi connectivity index (χ4n) is 3.07. The van der Waals surface area contributed by atoms with Gasteiger partial charge in [-0.25, -0.2) is 8.42 Å². The summed E-state index contributed by atoms with van der Waals surface area (Å²) in [5.74, 6) is 0.320. The van der Waals surface area contributed by atoms with E-state index in [1.54, 1.807) is 30.3 Å². The fraction of sp³-hybridized carbons (Fsp3) is 0.208. The van der Waals surface area contributed by atoms with Gasteiger partial charge in [-0.2, -0.15) is 0 Å². The number of benzene rings is 3. The Hall–Kier alpha value is -3.92. The predicted molar refractivity (Wildman–Crippen MR) is 129 cm³/mol. The van der Waals surface area contributed by atoms with E-state index in [9.17, 15) is 18.3 Å².